The molecule has 4 rings (SSSR count). The zero-order valence-corrected chi connectivity index (χ0v) is 15.0. The number of benzene rings is 1. The number of nitrogens with zero attached hydrogens (tertiary/aromatic N) is 2. The monoisotopic (exact) mass is 399 g/mol. The zero-order valence-electron chi connectivity index (χ0n) is 12.6. The first-order chi connectivity index (χ1) is 11.9. The second kappa shape index (κ2) is 6.08. The fourth-order valence-corrected chi connectivity index (χ4v) is 4.41. The van der Waals surface area contributed by atoms with Crippen molar-refractivity contribution in [1.82, 2.24) is 10.1 Å². The summed E-state index contributed by atoms with van der Waals surface area (Å²) in [4.78, 5) is 4.72. The van der Waals surface area contributed by atoms with Gasteiger partial charge in [-0.1, -0.05) is 16.8 Å². The van der Waals surface area contributed by atoms with E-state index in [1.165, 1.54) is 11.3 Å². The first kappa shape index (κ1) is 16.5. The minimum atomic E-state index is -3.93. The fraction of sp³-hybridized carbons (Fsp3) is 0.200. The van der Waals surface area contributed by atoms with Crippen LogP contribution in [0.2, 0.25) is 5.02 Å². The Balaban J connectivity index is 1.64. The van der Waals surface area contributed by atoms with Crippen LogP contribution in [0, 0.1) is 5.82 Å². The molecule has 0 aliphatic heterocycles. The average molecular weight is 400 g/mol. The number of hydrogen-bond donors (Lipinski definition) is 1. The molecule has 0 radical (unpaired) electrons. The van der Waals surface area contributed by atoms with E-state index in [1.54, 1.807) is 11.4 Å². The summed E-state index contributed by atoms with van der Waals surface area (Å²) in [6.45, 7) is 0. The van der Waals surface area contributed by atoms with Crippen LogP contribution in [0.25, 0.3) is 10.8 Å². The molecule has 1 N–H and O–H groups in total. The molecule has 1 aliphatic carbocycles. The molecule has 6 nitrogen and oxygen atoms in total. The molecule has 1 aromatic carbocycles. The molecule has 25 heavy (non-hydrogen) atoms. The fourth-order valence-electron chi connectivity index (χ4n) is 2.24. The van der Waals surface area contributed by atoms with Crippen LogP contribution in [0.1, 0.15) is 24.6 Å². The van der Waals surface area contributed by atoms with Crippen molar-refractivity contribution in [3.63, 3.8) is 0 Å². The lowest BCUT2D eigenvalue weighted by Crippen LogP contribution is -2.13. The Morgan fingerprint density at radius 2 is 2.12 bits per heavy atom. The Hall–Kier alpha value is -1.97. The van der Waals surface area contributed by atoms with Gasteiger partial charge in [-0.15, -0.1) is 11.3 Å². The quantitative estimate of drug-likeness (QED) is 0.692. The summed E-state index contributed by atoms with van der Waals surface area (Å²) >= 11 is 6.95. The predicted molar refractivity (Wildman–Crippen MR) is 91.8 cm³/mol. The van der Waals surface area contributed by atoms with Gasteiger partial charge in [0.25, 0.3) is 15.9 Å². The van der Waals surface area contributed by atoms with Gasteiger partial charge in [-0.25, -0.2) is 12.8 Å². The summed E-state index contributed by atoms with van der Waals surface area (Å²) in [5.74, 6) is 0.559. The number of rotatable bonds is 5. The van der Waals surface area contributed by atoms with Crippen LogP contribution in [-0.2, 0) is 10.0 Å². The lowest BCUT2D eigenvalue weighted by molar-refractivity contribution is 0.423. The van der Waals surface area contributed by atoms with E-state index in [2.05, 4.69) is 14.9 Å². The van der Waals surface area contributed by atoms with Gasteiger partial charge in [-0.2, -0.15) is 4.98 Å². The lowest BCUT2D eigenvalue weighted by atomic mass is 10.3. The molecule has 1 saturated carbocycles. The minimum absolute atomic E-state index is 0.139. The van der Waals surface area contributed by atoms with Crippen LogP contribution < -0.4 is 4.72 Å². The van der Waals surface area contributed by atoms with E-state index in [0.717, 1.165) is 31.0 Å². The number of halogens is 2. The Morgan fingerprint density at radius 1 is 1.32 bits per heavy atom. The molecule has 3 aromatic rings. The molecule has 0 amide bonds. The molecule has 0 spiro atoms. The highest BCUT2D eigenvalue weighted by Crippen LogP contribution is 2.40. The van der Waals surface area contributed by atoms with Gasteiger partial charge in [-0.3, -0.25) is 4.72 Å². The van der Waals surface area contributed by atoms with Gasteiger partial charge < -0.3 is 4.52 Å². The van der Waals surface area contributed by atoms with E-state index in [0.29, 0.717) is 22.3 Å². The third-order valence-electron chi connectivity index (χ3n) is 3.69. The van der Waals surface area contributed by atoms with Crippen molar-refractivity contribution in [2.75, 3.05) is 4.72 Å². The Morgan fingerprint density at radius 3 is 2.84 bits per heavy atom. The number of thiophene rings is 1. The van der Waals surface area contributed by atoms with Crippen molar-refractivity contribution in [2.24, 2.45) is 0 Å². The molecule has 0 saturated heterocycles. The summed E-state index contributed by atoms with van der Waals surface area (Å²) in [5, 5.41) is 5.39. The van der Waals surface area contributed by atoms with Crippen molar-refractivity contribution in [1.29, 1.82) is 0 Å². The second-order valence-electron chi connectivity index (χ2n) is 5.58. The molecule has 130 valence electrons. The number of aromatic nitrogens is 2. The Kier molecular flexibility index (Phi) is 4.01. The average Bonchev–Trinajstić information content (AvgIpc) is 3.13. The Labute approximate surface area is 151 Å². The zero-order chi connectivity index (χ0) is 17.6. The van der Waals surface area contributed by atoms with Gasteiger partial charge >= 0.3 is 0 Å². The van der Waals surface area contributed by atoms with Crippen LogP contribution in [-0.4, -0.2) is 18.6 Å². The Bertz CT molecular complexity index is 1040. The number of anilines is 1. The summed E-state index contributed by atoms with van der Waals surface area (Å²) in [6.07, 6.45) is 2.07. The molecular formula is C15H11ClFN3O3S2. The standard InChI is InChI=1S/C15H11ClFN3O3S2/c16-10-7-9(3-4-11(10)17)25(21,22)20-12-5-6-24-13(12)15-18-14(19-23-15)8-1-2-8/h3-8,20H,1-2H2. The van der Waals surface area contributed by atoms with E-state index in [9.17, 15) is 12.8 Å². The summed E-state index contributed by atoms with van der Waals surface area (Å²) < 4.78 is 46.0. The topological polar surface area (TPSA) is 85.1 Å². The van der Waals surface area contributed by atoms with Gasteiger partial charge in [0.2, 0.25) is 0 Å². The summed E-state index contributed by atoms with van der Waals surface area (Å²) in [7, 11) is -3.93. The van der Waals surface area contributed by atoms with E-state index in [4.69, 9.17) is 16.1 Å². The third kappa shape index (κ3) is 3.26. The molecule has 10 heteroatoms. The van der Waals surface area contributed by atoms with Crippen LogP contribution in [0.3, 0.4) is 0 Å². The molecular weight excluding hydrogens is 389 g/mol. The third-order valence-corrected chi connectivity index (χ3v) is 6.24. The van der Waals surface area contributed by atoms with Crippen LogP contribution >= 0.6 is 22.9 Å². The predicted octanol–water partition coefficient (Wildman–Crippen LogP) is 4.27. The molecule has 0 unspecified atom stereocenters. The van der Waals surface area contributed by atoms with Crippen molar-refractivity contribution in [3.05, 3.63) is 46.3 Å². The lowest BCUT2D eigenvalue weighted by Gasteiger charge is -2.08. The second-order valence-corrected chi connectivity index (χ2v) is 8.58. The number of nitrogens with one attached hydrogen (secondary N) is 1. The van der Waals surface area contributed by atoms with Crippen LogP contribution in [0.4, 0.5) is 10.1 Å². The highest BCUT2D eigenvalue weighted by molar-refractivity contribution is 7.92. The van der Waals surface area contributed by atoms with Crippen LogP contribution in [0.15, 0.2) is 39.1 Å². The smallest absolute Gasteiger partial charge is 0.270 e. The van der Waals surface area contributed by atoms with Gasteiger partial charge in [0, 0.05) is 5.92 Å². The molecule has 2 aromatic heterocycles. The first-order valence-electron chi connectivity index (χ1n) is 7.33. The maximum Gasteiger partial charge on any atom is 0.270 e. The van der Waals surface area contributed by atoms with Gasteiger partial charge in [0.05, 0.1) is 15.6 Å². The largest absolute Gasteiger partial charge is 0.333 e. The van der Waals surface area contributed by atoms with Crippen molar-refractivity contribution in [3.8, 4) is 10.8 Å². The summed E-state index contributed by atoms with van der Waals surface area (Å²) in [5.41, 5.74) is 0.316. The molecule has 0 bridgehead atoms. The number of hydrogen-bond acceptors (Lipinski definition) is 6. The number of sulfonamides is 1. The van der Waals surface area contributed by atoms with Crippen molar-refractivity contribution >= 4 is 38.6 Å². The van der Waals surface area contributed by atoms with Crippen LogP contribution in [0.5, 0.6) is 0 Å². The molecule has 2 heterocycles. The van der Waals surface area contributed by atoms with Gasteiger partial charge in [0.1, 0.15) is 10.7 Å². The van der Waals surface area contributed by atoms with Gasteiger partial charge in [0.15, 0.2) is 5.82 Å². The maximum atomic E-state index is 13.2. The van der Waals surface area contributed by atoms with Crippen molar-refractivity contribution in [2.45, 2.75) is 23.7 Å². The van der Waals surface area contributed by atoms with E-state index in [-0.39, 0.29) is 15.8 Å². The van der Waals surface area contributed by atoms with Crippen molar-refractivity contribution < 1.29 is 17.3 Å². The highest BCUT2D eigenvalue weighted by atomic mass is 35.5. The maximum absolute atomic E-state index is 13.2. The summed E-state index contributed by atoms with van der Waals surface area (Å²) in [6, 6.07) is 4.81. The molecule has 1 fully saturated rings. The van der Waals surface area contributed by atoms with E-state index in [1.807, 2.05) is 0 Å². The normalized spacial score (nSPS) is 14.6. The molecule has 0 atom stereocenters. The highest BCUT2D eigenvalue weighted by Gasteiger charge is 2.30. The minimum Gasteiger partial charge on any atom is -0.333 e. The van der Waals surface area contributed by atoms with E-state index < -0.39 is 15.8 Å². The molecule has 1 aliphatic rings. The SMILES string of the molecule is O=S(=O)(Nc1ccsc1-c1nc(C2CC2)no1)c1ccc(F)c(Cl)c1. The first-order valence-corrected chi connectivity index (χ1v) is 10.1. The van der Waals surface area contributed by atoms with Gasteiger partial charge in [-0.05, 0) is 42.5 Å². The van der Waals surface area contributed by atoms with E-state index >= 15 is 0 Å².